The Morgan fingerprint density at radius 3 is 1.88 bits per heavy atom. The van der Waals surface area contributed by atoms with Gasteiger partial charge in [-0.05, 0) is 65.8 Å². The summed E-state index contributed by atoms with van der Waals surface area (Å²) in [5.41, 5.74) is 3.69. The number of benzene rings is 2. The third kappa shape index (κ3) is 6.60. The number of carbonyl (C=O) groups excluding carboxylic acids is 1. The Morgan fingerprint density at radius 2 is 1.38 bits per heavy atom. The van der Waals surface area contributed by atoms with Gasteiger partial charge in [0.1, 0.15) is 11.5 Å². The van der Waals surface area contributed by atoms with Crippen LogP contribution in [0, 0.1) is 0 Å². The van der Waals surface area contributed by atoms with Gasteiger partial charge in [0.2, 0.25) is 0 Å². The fourth-order valence-electron chi connectivity index (χ4n) is 3.86. The first-order valence-corrected chi connectivity index (χ1v) is 12.1. The van der Waals surface area contributed by atoms with Gasteiger partial charge in [-0.1, -0.05) is 80.4 Å². The number of unbranched alkanes of at least 4 members (excludes halogenated alkanes) is 2. The number of ether oxygens (including phenoxy) is 1. The molecule has 32 heavy (non-hydrogen) atoms. The molecule has 0 aliphatic rings. The summed E-state index contributed by atoms with van der Waals surface area (Å²) in [6.45, 7) is 16.6. The highest BCUT2D eigenvalue weighted by atomic mass is 16.5. The van der Waals surface area contributed by atoms with Crippen molar-refractivity contribution in [2.24, 2.45) is 0 Å². The van der Waals surface area contributed by atoms with Gasteiger partial charge in [-0.2, -0.15) is 0 Å². The summed E-state index contributed by atoms with van der Waals surface area (Å²) in [4.78, 5) is 13.3. The van der Waals surface area contributed by atoms with Crippen LogP contribution in [0.2, 0.25) is 0 Å². The smallest absolute Gasteiger partial charge is 0.343 e. The zero-order chi connectivity index (χ0) is 24.1. The van der Waals surface area contributed by atoms with E-state index in [-0.39, 0.29) is 22.5 Å². The van der Waals surface area contributed by atoms with Crippen molar-refractivity contribution in [1.29, 1.82) is 0 Å². The topological polar surface area (TPSA) is 46.5 Å². The van der Waals surface area contributed by atoms with Gasteiger partial charge in [0.15, 0.2) is 0 Å². The normalized spacial score (nSPS) is 12.1. The number of hydrogen-bond donors (Lipinski definition) is 1. The number of esters is 1. The number of aryl methyl sites for hydroxylation is 2. The molecule has 0 saturated heterocycles. The van der Waals surface area contributed by atoms with Crippen LogP contribution in [0.1, 0.15) is 114 Å². The Morgan fingerprint density at radius 1 is 0.844 bits per heavy atom. The summed E-state index contributed by atoms with van der Waals surface area (Å²) in [5, 5.41) is 11.0. The minimum atomic E-state index is -0.369. The van der Waals surface area contributed by atoms with E-state index in [4.69, 9.17) is 4.74 Å². The van der Waals surface area contributed by atoms with Gasteiger partial charge in [0, 0.05) is 11.1 Å². The highest BCUT2D eigenvalue weighted by Crippen LogP contribution is 2.40. The quantitative estimate of drug-likeness (QED) is 0.337. The SMILES string of the molecule is CCCCc1ccc(CCCC)c(OC(=O)c2cc(C(C)(C)C)c(O)c(C(C)(C)C)c2)c1. The Bertz CT molecular complexity index is 891. The fraction of sp³-hybridized carbons (Fsp3) is 0.552. The van der Waals surface area contributed by atoms with Gasteiger partial charge in [-0.3, -0.25) is 0 Å². The number of hydrogen-bond acceptors (Lipinski definition) is 3. The van der Waals surface area contributed by atoms with Gasteiger partial charge >= 0.3 is 5.97 Å². The molecule has 2 aromatic carbocycles. The predicted octanol–water partition coefficient (Wildman–Crippen LogP) is 7.89. The van der Waals surface area contributed by atoms with Crippen LogP contribution in [0.15, 0.2) is 30.3 Å². The van der Waals surface area contributed by atoms with E-state index in [0.717, 1.165) is 55.2 Å². The largest absolute Gasteiger partial charge is 0.507 e. The molecule has 0 unspecified atom stereocenters. The molecule has 0 amide bonds. The summed E-state index contributed by atoms with van der Waals surface area (Å²) in [5.74, 6) is 0.567. The Kier molecular flexibility index (Phi) is 8.56. The summed E-state index contributed by atoms with van der Waals surface area (Å²) < 4.78 is 6.00. The van der Waals surface area contributed by atoms with Crippen LogP contribution >= 0.6 is 0 Å². The minimum absolute atomic E-state index is 0.270. The molecule has 3 nitrogen and oxygen atoms in total. The zero-order valence-electron chi connectivity index (χ0n) is 21.4. The highest BCUT2D eigenvalue weighted by molar-refractivity contribution is 5.92. The molecule has 0 spiro atoms. The minimum Gasteiger partial charge on any atom is -0.507 e. The number of aromatic hydroxyl groups is 1. The molecule has 0 bridgehead atoms. The molecule has 3 heteroatoms. The maximum Gasteiger partial charge on any atom is 0.343 e. The van der Waals surface area contributed by atoms with Gasteiger partial charge in [0.05, 0.1) is 5.56 Å². The summed E-state index contributed by atoms with van der Waals surface area (Å²) in [7, 11) is 0. The van der Waals surface area contributed by atoms with Crippen molar-refractivity contribution in [3.05, 3.63) is 58.1 Å². The molecule has 0 heterocycles. The van der Waals surface area contributed by atoms with Crippen molar-refractivity contribution >= 4 is 5.97 Å². The fourth-order valence-corrected chi connectivity index (χ4v) is 3.86. The first-order chi connectivity index (χ1) is 14.9. The predicted molar refractivity (Wildman–Crippen MR) is 134 cm³/mol. The summed E-state index contributed by atoms with van der Waals surface area (Å²) >= 11 is 0. The second-order valence-corrected chi connectivity index (χ2v) is 11.0. The second kappa shape index (κ2) is 10.6. The van der Waals surface area contributed by atoms with E-state index in [9.17, 15) is 9.90 Å². The van der Waals surface area contributed by atoms with Crippen LogP contribution in [-0.2, 0) is 23.7 Å². The van der Waals surface area contributed by atoms with Crippen LogP contribution in [0.4, 0.5) is 0 Å². The van der Waals surface area contributed by atoms with Gasteiger partial charge in [-0.25, -0.2) is 4.79 Å². The monoisotopic (exact) mass is 438 g/mol. The molecule has 2 rings (SSSR count). The van der Waals surface area contributed by atoms with E-state index in [0.29, 0.717) is 11.3 Å². The Hall–Kier alpha value is -2.29. The third-order valence-electron chi connectivity index (χ3n) is 5.91. The average Bonchev–Trinajstić information content (AvgIpc) is 2.69. The zero-order valence-corrected chi connectivity index (χ0v) is 21.4. The molecule has 0 fully saturated rings. The molecule has 176 valence electrons. The Balaban J connectivity index is 2.49. The van der Waals surface area contributed by atoms with Gasteiger partial charge in [0.25, 0.3) is 0 Å². The lowest BCUT2D eigenvalue weighted by molar-refractivity contribution is 0.0732. The van der Waals surface area contributed by atoms with E-state index in [1.807, 2.05) is 47.6 Å². The van der Waals surface area contributed by atoms with Crippen LogP contribution in [0.3, 0.4) is 0 Å². The average molecular weight is 439 g/mol. The van der Waals surface area contributed by atoms with E-state index in [2.05, 4.69) is 26.0 Å². The summed E-state index contributed by atoms with van der Waals surface area (Å²) in [6, 6.07) is 9.89. The van der Waals surface area contributed by atoms with Crippen LogP contribution in [0.5, 0.6) is 11.5 Å². The van der Waals surface area contributed by atoms with Crippen LogP contribution < -0.4 is 4.74 Å². The molecule has 0 aliphatic carbocycles. The van der Waals surface area contributed by atoms with E-state index < -0.39 is 0 Å². The van der Waals surface area contributed by atoms with Crippen molar-refractivity contribution in [1.82, 2.24) is 0 Å². The number of rotatable bonds is 8. The van der Waals surface area contributed by atoms with Crippen molar-refractivity contribution in [3.63, 3.8) is 0 Å². The maximum atomic E-state index is 13.3. The lowest BCUT2D eigenvalue weighted by Gasteiger charge is -2.28. The van der Waals surface area contributed by atoms with Crippen LogP contribution in [0.25, 0.3) is 0 Å². The molecule has 0 aromatic heterocycles. The molecule has 0 saturated carbocycles. The first kappa shape index (κ1) is 26.0. The van der Waals surface area contributed by atoms with E-state index in [1.54, 1.807) is 12.1 Å². The maximum absolute atomic E-state index is 13.3. The lowest BCUT2D eigenvalue weighted by atomic mass is 9.78. The molecule has 0 aliphatic heterocycles. The standard InChI is InChI=1S/C29H42O3/c1-9-11-13-20-15-16-21(14-12-10-2)25(17-20)32-27(31)22-18-23(28(3,4)5)26(30)24(19-22)29(6,7)8/h15-19,30H,9-14H2,1-8H3. The first-order valence-electron chi connectivity index (χ1n) is 12.1. The molecule has 1 N–H and O–H groups in total. The Labute approximate surface area is 195 Å². The van der Waals surface area contributed by atoms with Crippen molar-refractivity contribution in [2.75, 3.05) is 0 Å². The van der Waals surface area contributed by atoms with E-state index in [1.165, 1.54) is 5.56 Å². The van der Waals surface area contributed by atoms with E-state index >= 15 is 0 Å². The molecular formula is C29H42O3. The molecule has 0 radical (unpaired) electrons. The molecule has 0 atom stereocenters. The van der Waals surface area contributed by atoms with Crippen LogP contribution in [-0.4, -0.2) is 11.1 Å². The van der Waals surface area contributed by atoms with Crippen molar-refractivity contribution < 1.29 is 14.6 Å². The van der Waals surface area contributed by atoms with Crippen molar-refractivity contribution in [3.8, 4) is 11.5 Å². The highest BCUT2D eigenvalue weighted by Gasteiger charge is 2.28. The van der Waals surface area contributed by atoms with Crippen molar-refractivity contribution in [2.45, 2.75) is 105 Å². The molecule has 2 aromatic rings. The summed E-state index contributed by atoms with van der Waals surface area (Å²) in [6.07, 6.45) is 6.27. The second-order valence-electron chi connectivity index (χ2n) is 11.0. The third-order valence-corrected chi connectivity index (χ3v) is 5.91. The lowest BCUT2D eigenvalue weighted by Crippen LogP contribution is -2.20. The van der Waals surface area contributed by atoms with Gasteiger partial charge in [-0.15, -0.1) is 0 Å². The van der Waals surface area contributed by atoms with Gasteiger partial charge < -0.3 is 9.84 Å². The number of phenols is 1. The molecular weight excluding hydrogens is 396 g/mol. The number of carbonyl (C=O) groups is 1. The number of phenolic OH excluding ortho intramolecular Hbond substituents is 1.